The second-order valence-electron chi connectivity index (χ2n) is 7.71. The van der Waals surface area contributed by atoms with Gasteiger partial charge in [0.1, 0.15) is 11.5 Å². The minimum absolute atomic E-state index is 0.0565. The molecule has 5 aromatic rings. The first kappa shape index (κ1) is 19.7. The normalized spacial score (nSPS) is 10.8. The Bertz CT molecular complexity index is 1370. The lowest BCUT2D eigenvalue weighted by atomic mass is 9.88. The fourth-order valence-electron chi connectivity index (χ4n) is 4.21. The summed E-state index contributed by atoms with van der Waals surface area (Å²) in [4.78, 5) is 0. The van der Waals surface area contributed by atoms with Crippen LogP contribution in [0.3, 0.4) is 0 Å². The maximum atomic E-state index is 10.5. The zero-order valence-electron chi connectivity index (χ0n) is 17.4. The molecule has 0 unspecified atom stereocenters. The fraction of sp³-hybridized carbons (Fsp3) is 0. The molecule has 2 N–H and O–H groups in total. The maximum absolute atomic E-state index is 10.5. The van der Waals surface area contributed by atoms with Crippen LogP contribution >= 0.6 is 0 Å². The molecule has 2 nitrogen and oxygen atoms in total. The van der Waals surface area contributed by atoms with Gasteiger partial charge in [0.2, 0.25) is 0 Å². The molecule has 0 saturated heterocycles. The molecule has 0 saturated carbocycles. The van der Waals surface area contributed by atoms with E-state index < -0.39 is 0 Å². The third-order valence-electron chi connectivity index (χ3n) is 5.71. The molecule has 0 heterocycles. The lowest BCUT2D eigenvalue weighted by Gasteiger charge is -2.16. The highest BCUT2D eigenvalue weighted by molar-refractivity contribution is 5.94. The molecule has 5 rings (SSSR count). The van der Waals surface area contributed by atoms with E-state index in [0.29, 0.717) is 5.56 Å². The van der Waals surface area contributed by atoms with Gasteiger partial charge >= 0.3 is 0 Å². The fourth-order valence-corrected chi connectivity index (χ4v) is 4.21. The molecule has 0 radical (unpaired) electrons. The van der Waals surface area contributed by atoms with E-state index in [1.54, 1.807) is 18.2 Å². The molecule has 154 valence electrons. The quantitative estimate of drug-likeness (QED) is 0.315. The van der Waals surface area contributed by atoms with Crippen LogP contribution in [0.4, 0.5) is 0 Å². The predicted octanol–water partition coefficient (Wildman–Crippen LogP) is 7.77. The van der Waals surface area contributed by atoms with Gasteiger partial charge in [0, 0.05) is 0 Å². The van der Waals surface area contributed by atoms with E-state index in [9.17, 15) is 10.2 Å². The van der Waals surface area contributed by atoms with Crippen molar-refractivity contribution in [2.24, 2.45) is 0 Å². The predicted molar refractivity (Wildman–Crippen MR) is 132 cm³/mol. The van der Waals surface area contributed by atoms with Crippen LogP contribution in [-0.2, 0) is 0 Å². The smallest absolute Gasteiger partial charge is 0.127 e. The Morgan fingerprint density at radius 3 is 1.50 bits per heavy atom. The lowest BCUT2D eigenvalue weighted by molar-refractivity contribution is 0.454. The number of phenolic OH excluding ortho intramolecular Hbond substituents is 2. The van der Waals surface area contributed by atoms with E-state index in [0.717, 1.165) is 33.4 Å². The number of hydrogen-bond acceptors (Lipinski definition) is 2. The SMILES string of the molecule is Oc1cccc(O)c1-c1ccccc1-c1ccccc1-c1cccc(-c2ccccc2)c1. The Morgan fingerprint density at radius 1 is 0.344 bits per heavy atom. The molecule has 0 fully saturated rings. The summed E-state index contributed by atoms with van der Waals surface area (Å²) < 4.78 is 0. The van der Waals surface area contributed by atoms with Crippen LogP contribution in [0.1, 0.15) is 0 Å². The van der Waals surface area contributed by atoms with Gasteiger partial charge in [-0.25, -0.2) is 0 Å². The lowest BCUT2D eigenvalue weighted by Crippen LogP contribution is -1.90. The van der Waals surface area contributed by atoms with Crippen molar-refractivity contribution >= 4 is 0 Å². The van der Waals surface area contributed by atoms with Gasteiger partial charge in [0.05, 0.1) is 5.56 Å². The first-order chi connectivity index (χ1) is 15.7. The molecule has 5 aromatic carbocycles. The largest absolute Gasteiger partial charge is 0.507 e. The minimum atomic E-state index is 0.0565. The Hall–Kier alpha value is -4.30. The van der Waals surface area contributed by atoms with Crippen molar-refractivity contribution in [1.82, 2.24) is 0 Å². The summed E-state index contributed by atoms with van der Waals surface area (Å²) in [5.41, 5.74) is 7.74. The van der Waals surface area contributed by atoms with Crippen LogP contribution in [0.2, 0.25) is 0 Å². The third kappa shape index (κ3) is 3.63. The van der Waals surface area contributed by atoms with Crippen molar-refractivity contribution < 1.29 is 10.2 Å². The van der Waals surface area contributed by atoms with Crippen LogP contribution in [-0.4, -0.2) is 10.2 Å². The second kappa shape index (κ2) is 8.44. The summed E-state index contributed by atoms with van der Waals surface area (Å²) in [7, 11) is 0. The van der Waals surface area contributed by atoms with E-state index in [1.165, 1.54) is 5.56 Å². The highest BCUT2D eigenvalue weighted by atomic mass is 16.3. The minimum Gasteiger partial charge on any atom is -0.507 e. The van der Waals surface area contributed by atoms with Crippen LogP contribution < -0.4 is 0 Å². The van der Waals surface area contributed by atoms with E-state index in [2.05, 4.69) is 48.5 Å². The Morgan fingerprint density at radius 2 is 0.812 bits per heavy atom. The van der Waals surface area contributed by atoms with Crippen LogP contribution in [0.5, 0.6) is 11.5 Å². The molecule has 0 atom stereocenters. The summed E-state index contributed by atoms with van der Waals surface area (Å²) in [6, 6.07) is 39.8. The second-order valence-corrected chi connectivity index (χ2v) is 7.71. The van der Waals surface area contributed by atoms with Gasteiger partial charge in [0.25, 0.3) is 0 Å². The topological polar surface area (TPSA) is 40.5 Å². The Kier molecular flexibility index (Phi) is 5.19. The number of rotatable bonds is 4. The van der Waals surface area contributed by atoms with Gasteiger partial charge in [-0.15, -0.1) is 0 Å². The van der Waals surface area contributed by atoms with Gasteiger partial charge in [-0.1, -0.05) is 103 Å². The van der Waals surface area contributed by atoms with Gasteiger partial charge in [0.15, 0.2) is 0 Å². The number of phenols is 2. The molecule has 0 aliphatic carbocycles. The zero-order valence-corrected chi connectivity index (χ0v) is 17.4. The van der Waals surface area contributed by atoms with Crippen LogP contribution in [0.25, 0.3) is 44.5 Å². The summed E-state index contributed by atoms with van der Waals surface area (Å²) in [5.74, 6) is 0.113. The summed E-state index contributed by atoms with van der Waals surface area (Å²) in [6.07, 6.45) is 0. The van der Waals surface area contributed by atoms with Gasteiger partial charge in [-0.2, -0.15) is 0 Å². The molecule has 2 heteroatoms. The van der Waals surface area contributed by atoms with Crippen molar-refractivity contribution in [2.75, 3.05) is 0 Å². The van der Waals surface area contributed by atoms with Gasteiger partial charge in [-0.3, -0.25) is 0 Å². The summed E-state index contributed by atoms with van der Waals surface area (Å²) in [5, 5.41) is 21.0. The summed E-state index contributed by atoms with van der Waals surface area (Å²) >= 11 is 0. The molecule has 0 amide bonds. The average Bonchev–Trinajstić information content (AvgIpc) is 2.85. The Labute approximate surface area is 187 Å². The average molecular weight is 415 g/mol. The van der Waals surface area contributed by atoms with Crippen LogP contribution in [0, 0.1) is 0 Å². The Balaban J connectivity index is 1.69. The van der Waals surface area contributed by atoms with Gasteiger partial charge in [-0.05, 0) is 57.1 Å². The molecular weight excluding hydrogens is 392 g/mol. The first-order valence-corrected chi connectivity index (χ1v) is 10.6. The molecule has 0 spiro atoms. The molecule has 0 aliphatic heterocycles. The number of aromatic hydroxyl groups is 2. The number of benzene rings is 5. The molecule has 0 aromatic heterocycles. The van der Waals surface area contributed by atoms with Crippen LogP contribution in [0.15, 0.2) is 121 Å². The van der Waals surface area contributed by atoms with Crippen molar-refractivity contribution in [3.63, 3.8) is 0 Å². The standard InChI is InChI=1S/C30H22O2/c31-28-18-9-19-29(32)30(28)27-17-7-6-16-26(27)25-15-5-4-14-24(25)23-13-8-12-22(20-23)21-10-2-1-3-11-21/h1-20,31-32H. The third-order valence-corrected chi connectivity index (χ3v) is 5.71. The molecule has 0 bridgehead atoms. The van der Waals surface area contributed by atoms with Crippen molar-refractivity contribution in [3.8, 4) is 56.0 Å². The van der Waals surface area contributed by atoms with E-state index >= 15 is 0 Å². The van der Waals surface area contributed by atoms with Crippen molar-refractivity contribution in [2.45, 2.75) is 0 Å². The van der Waals surface area contributed by atoms with E-state index in [4.69, 9.17) is 0 Å². The molecular formula is C30H22O2. The highest BCUT2D eigenvalue weighted by Gasteiger charge is 2.17. The maximum Gasteiger partial charge on any atom is 0.127 e. The zero-order chi connectivity index (χ0) is 21.9. The van der Waals surface area contributed by atoms with Crippen molar-refractivity contribution in [3.05, 3.63) is 121 Å². The summed E-state index contributed by atoms with van der Waals surface area (Å²) in [6.45, 7) is 0. The monoisotopic (exact) mass is 414 g/mol. The molecule has 0 aliphatic rings. The molecule has 32 heavy (non-hydrogen) atoms. The van der Waals surface area contributed by atoms with Crippen molar-refractivity contribution in [1.29, 1.82) is 0 Å². The van der Waals surface area contributed by atoms with E-state index in [1.807, 2.05) is 54.6 Å². The van der Waals surface area contributed by atoms with Gasteiger partial charge < -0.3 is 10.2 Å². The highest BCUT2D eigenvalue weighted by Crippen LogP contribution is 2.44. The van der Waals surface area contributed by atoms with E-state index in [-0.39, 0.29) is 11.5 Å². The number of hydrogen-bond donors (Lipinski definition) is 2. The first-order valence-electron chi connectivity index (χ1n) is 10.6.